The third kappa shape index (κ3) is 2.64. The van der Waals surface area contributed by atoms with Gasteiger partial charge >= 0.3 is 5.97 Å². The largest absolute Gasteiger partial charge is 0.464 e. The van der Waals surface area contributed by atoms with Gasteiger partial charge in [0.2, 0.25) is 0 Å². The van der Waals surface area contributed by atoms with Crippen molar-refractivity contribution < 1.29 is 9.53 Å². The SMILES string of the molecule is CC(=O)OCC1(N(C)C)CC1.Cl. The van der Waals surface area contributed by atoms with Crippen LogP contribution in [0, 0.1) is 0 Å². The molecule has 0 radical (unpaired) electrons. The fourth-order valence-corrected chi connectivity index (χ4v) is 1.10. The molecule has 1 aliphatic carbocycles. The Bertz CT molecular complexity index is 166. The summed E-state index contributed by atoms with van der Waals surface area (Å²) in [6.45, 7) is 2.00. The van der Waals surface area contributed by atoms with Crippen LogP contribution in [0.2, 0.25) is 0 Å². The number of carbonyl (C=O) groups excluding carboxylic acids is 1. The monoisotopic (exact) mass is 193 g/mol. The molecule has 1 saturated carbocycles. The normalized spacial score (nSPS) is 18.3. The van der Waals surface area contributed by atoms with Gasteiger partial charge in [-0.05, 0) is 26.9 Å². The molecule has 12 heavy (non-hydrogen) atoms. The Kier molecular flexibility index (Phi) is 4.00. The zero-order valence-electron chi connectivity index (χ0n) is 7.79. The minimum absolute atomic E-state index is 0. The van der Waals surface area contributed by atoms with Gasteiger partial charge in [0.05, 0.1) is 5.54 Å². The van der Waals surface area contributed by atoms with E-state index in [4.69, 9.17) is 4.74 Å². The van der Waals surface area contributed by atoms with Crippen molar-refractivity contribution in [3.63, 3.8) is 0 Å². The molecule has 72 valence electrons. The first-order valence-corrected chi connectivity index (χ1v) is 3.88. The van der Waals surface area contributed by atoms with Crippen LogP contribution in [0.25, 0.3) is 0 Å². The molecule has 1 rings (SSSR count). The van der Waals surface area contributed by atoms with E-state index in [1.807, 2.05) is 14.1 Å². The van der Waals surface area contributed by atoms with Crippen LogP contribution in [0.1, 0.15) is 19.8 Å². The van der Waals surface area contributed by atoms with E-state index in [0.717, 1.165) is 12.8 Å². The summed E-state index contributed by atoms with van der Waals surface area (Å²) in [6, 6.07) is 0. The van der Waals surface area contributed by atoms with Crippen LogP contribution in [0.3, 0.4) is 0 Å². The fourth-order valence-electron chi connectivity index (χ4n) is 1.10. The average molecular weight is 194 g/mol. The quantitative estimate of drug-likeness (QED) is 0.628. The topological polar surface area (TPSA) is 29.5 Å². The first-order chi connectivity index (χ1) is 5.07. The first-order valence-electron chi connectivity index (χ1n) is 3.88. The van der Waals surface area contributed by atoms with Gasteiger partial charge < -0.3 is 9.64 Å². The molecule has 1 fully saturated rings. The van der Waals surface area contributed by atoms with Gasteiger partial charge in [-0.1, -0.05) is 0 Å². The molecule has 1 aliphatic rings. The molecule has 0 aromatic heterocycles. The molecule has 0 atom stereocenters. The van der Waals surface area contributed by atoms with Crippen LogP contribution in [0.4, 0.5) is 0 Å². The van der Waals surface area contributed by atoms with Crippen LogP contribution in [-0.2, 0) is 9.53 Å². The third-order valence-electron chi connectivity index (χ3n) is 2.32. The van der Waals surface area contributed by atoms with Gasteiger partial charge in [-0.25, -0.2) is 0 Å². The number of likely N-dealkylation sites (N-methyl/N-ethyl adjacent to an activating group) is 1. The Morgan fingerprint density at radius 2 is 2.00 bits per heavy atom. The molecule has 0 N–H and O–H groups in total. The van der Waals surface area contributed by atoms with Crippen molar-refractivity contribution in [1.82, 2.24) is 4.90 Å². The predicted octanol–water partition coefficient (Wildman–Crippen LogP) is 1.07. The number of carbonyl (C=O) groups is 1. The van der Waals surface area contributed by atoms with Crippen molar-refractivity contribution in [2.75, 3.05) is 20.7 Å². The van der Waals surface area contributed by atoms with E-state index in [1.165, 1.54) is 6.92 Å². The van der Waals surface area contributed by atoms with E-state index >= 15 is 0 Å². The number of hydrogen-bond donors (Lipinski definition) is 0. The fraction of sp³-hybridized carbons (Fsp3) is 0.875. The second kappa shape index (κ2) is 4.10. The molecule has 4 heteroatoms. The maximum absolute atomic E-state index is 10.5. The lowest BCUT2D eigenvalue weighted by Crippen LogP contribution is -2.35. The highest BCUT2D eigenvalue weighted by Crippen LogP contribution is 2.40. The predicted molar refractivity (Wildman–Crippen MR) is 49.5 cm³/mol. The molecule has 0 saturated heterocycles. The van der Waals surface area contributed by atoms with Crippen LogP contribution in [0.5, 0.6) is 0 Å². The lowest BCUT2D eigenvalue weighted by atomic mass is 10.3. The number of hydrogen-bond acceptors (Lipinski definition) is 3. The Balaban J connectivity index is 0.00000121. The number of esters is 1. The Morgan fingerprint density at radius 1 is 1.50 bits per heavy atom. The highest BCUT2D eigenvalue weighted by Gasteiger charge is 2.45. The zero-order chi connectivity index (χ0) is 8.48. The van der Waals surface area contributed by atoms with E-state index in [9.17, 15) is 4.79 Å². The number of halogens is 1. The van der Waals surface area contributed by atoms with Gasteiger partial charge in [0.25, 0.3) is 0 Å². The molecule has 0 aromatic rings. The smallest absolute Gasteiger partial charge is 0.302 e. The lowest BCUT2D eigenvalue weighted by Gasteiger charge is -2.22. The number of nitrogens with zero attached hydrogens (tertiary/aromatic N) is 1. The van der Waals surface area contributed by atoms with Crippen molar-refractivity contribution in [3.05, 3.63) is 0 Å². The van der Waals surface area contributed by atoms with Gasteiger partial charge in [-0.15, -0.1) is 12.4 Å². The highest BCUT2D eigenvalue weighted by atomic mass is 35.5. The standard InChI is InChI=1S/C8H15NO2.ClH/c1-7(10)11-6-8(4-5-8)9(2)3;/h4-6H2,1-3H3;1H. The minimum Gasteiger partial charge on any atom is -0.464 e. The molecule has 0 aromatic carbocycles. The summed E-state index contributed by atoms with van der Waals surface area (Å²) in [5, 5.41) is 0. The molecule has 0 amide bonds. The number of ether oxygens (including phenoxy) is 1. The van der Waals surface area contributed by atoms with Crippen LogP contribution in [-0.4, -0.2) is 37.1 Å². The summed E-state index contributed by atoms with van der Waals surface area (Å²) in [6.07, 6.45) is 2.29. The molecule has 0 aliphatic heterocycles. The summed E-state index contributed by atoms with van der Waals surface area (Å²) in [5.74, 6) is -0.182. The zero-order valence-corrected chi connectivity index (χ0v) is 8.61. The maximum Gasteiger partial charge on any atom is 0.302 e. The van der Waals surface area contributed by atoms with Crippen LogP contribution >= 0.6 is 12.4 Å². The highest BCUT2D eigenvalue weighted by molar-refractivity contribution is 5.85. The summed E-state index contributed by atoms with van der Waals surface area (Å²) in [7, 11) is 4.05. The second-order valence-corrected chi connectivity index (χ2v) is 3.40. The molecule has 0 unspecified atom stereocenters. The second-order valence-electron chi connectivity index (χ2n) is 3.40. The molecular formula is C8H16ClNO2. The van der Waals surface area contributed by atoms with Crippen molar-refractivity contribution in [2.45, 2.75) is 25.3 Å². The van der Waals surface area contributed by atoms with Crippen molar-refractivity contribution >= 4 is 18.4 Å². The van der Waals surface area contributed by atoms with Gasteiger partial charge in [0, 0.05) is 6.92 Å². The van der Waals surface area contributed by atoms with Gasteiger partial charge in [-0.2, -0.15) is 0 Å². The Hall–Kier alpha value is -0.280. The molecule has 0 spiro atoms. The van der Waals surface area contributed by atoms with E-state index in [-0.39, 0.29) is 23.9 Å². The van der Waals surface area contributed by atoms with E-state index in [1.54, 1.807) is 0 Å². The molecule has 0 bridgehead atoms. The summed E-state index contributed by atoms with van der Waals surface area (Å²) >= 11 is 0. The minimum atomic E-state index is -0.182. The van der Waals surface area contributed by atoms with Crippen LogP contribution < -0.4 is 0 Å². The van der Waals surface area contributed by atoms with Crippen LogP contribution in [0.15, 0.2) is 0 Å². The average Bonchev–Trinajstić information content (AvgIpc) is 2.63. The van der Waals surface area contributed by atoms with Gasteiger partial charge in [0.15, 0.2) is 0 Å². The number of rotatable bonds is 3. The summed E-state index contributed by atoms with van der Waals surface area (Å²) in [4.78, 5) is 12.6. The third-order valence-corrected chi connectivity index (χ3v) is 2.32. The van der Waals surface area contributed by atoms with Crippen molar-refractivity contribution in [1.29, 1.82) is 0 Å². The Labute approximate surface area is 79.5 Å². The Morgan fingerprint density at radius 3 is 2.25 bits per heavy atom. The van der Waals surface area contributed by atoms with Crippen molar-refractivity contribution in [2.24, 2.45) is 0 Å². The maximum atomic E-state index is 10.5. The van der Waals surface area contributed by atoms with Gasteiger partial charge in [-0.3, -0.25) is 4.79 Å². The molecule has 0 heterocycles. The summed E-state index contributed by atoms with van der Waals surface area (Å²) < 4.78 is 4.95. The lowest BCUT2D eigenvalue weighted by molar-refractivity contribution is -0.143. The molecule has 3 nitrogen and oxygen atoms in total. The van der Waals surface area contributed by atoms with Crippen molar-refractivity contribution in [3.8, 4) is 0 Å². The van der Waals surface area contributed by atoms with E-state index in [2.05, 4.69) is 4.90 Å². The van der Waals surface area contributed by atoms with E-state index in [0.29, 0.717) is 6.61 Å². The summed E-state index contributed by atoms with van der Waals surface area (Å²) in [5.41, 5.74) is 0.172. The first kappa shape index (κ1) is 11.7. The van der Waals surface area contributed by atoms with E-state index < -0.39 is 0 Å². The molecular weight excluding hydrogens is 178 g/mol. The van der Waals surface area contributed by atoms with Gasteiger partial charge in [0.1, 0.15) is 6.61 Å².